The summed E-state index contributed by atoms with van der Waals surface area (Å²) in [5.74, 6) is -0.180. The van der Waals surface area contributed by atoms with Crippen LogP contribution in [0.5, 0.6) is 6.01 Å². The van der Waals surface area contributed by atoms with Crippen molar-refractivity contribution in [2.24, 2.45) is 5.41 Å². The maximum absolute atomic E-state index is 12.2. The number of aromatic nitrogens is 2. The van der Waals surface area contributed by atoms with Gasteiger partial charge in [0.2, 0.25) is 0 Å². The molecule has 2 aliphatic heterocycles. The first kappa shape index (κ1) is 23.4. The average Bonchev–Trinajstić information content (AvgIpc) is 2.74. The highest BCUT2D eigenvalue weighted by Crippen LogP contribution is 2.39. The summed E-state index contributed by atoms with van der Waals surface area (Å²) in [5, 5.41) is 20.5. The Morgan fingerprint density at radius 3 is 2.55 bits per heavy atom. The molecule has 8 nitrogen and oxygen atoms in total. The fourth-order valence-electron chi connectivity index (χ4n) is 4.98. The lowest BCUT2D eigenvalue weighted by atomic mass is 9.80. The highest BCUT2D eigenvalue weighted by atomic mass is 16.4. The summed E-state index contributed by atoms with van der Waals surface area (Å²) in [6.07, 6.45) is 0.755. The molecule has 8 heteroatoms. The largest absolute Gasteiger partial charge is 0.480 e. The maximum atomic E-state index is 12.2. The third-order valence-electron chi connectivity index (χ3n) is 7.24. The van der Waals surface area contributed by atoms with Crippen molar-refractivity contribution in [2.45, 2.75) is 58.8 Å². The number of benzene rings is 1. The van der Waals surface area contributed by atoms with Gasteiger partial charge in [-0.2, -0.15) is 9.97 Å². The van der Waals surface area contributed by atoms with Crippen LogP contribution in [0, 0.1) is 5.41 Å². The van der Waals surface area contributed by atoms with Crippen molar-refractivity contribution in [3.8, 4) is 6.01 Å². The van der Waals surface area contributed by atoms with E-state index in [0.717, 1.165) is 30.8 Å². The van der Waals surface area contributed by atoms with Crippen LogP contribution in [0.3, 0.4) is 0 Å². The number of likely N-dealkylation sites (N-methyl/N-ethyl adjacent to an activating group) is 1. The summed E-state index contributed by atoms with van der Waals surface area (Å²) < 4.78 is 0. The van der Waals surface area contributed by atoms with E-state index in [9.17, 15) is 15.0 Å². The molecule has 0 aliphatic carbocycles. The quantitative estimate of drug-likeness (QED) is 0.730. The van der Waals surface area contributed by atoms with Gasteiger partial charge in [-0.25, -0.2) is 0 Å². The molecule has 2 aromatic rings. The van der Waals surface area contributed by atoms with Gasteiger partial charge in [0.25, 0.3) is 0 Å². The minimum Gasteiger partial charge on any atom is -0.480 e. The zero-order valence-electron chi connectivity index (χ0n) is 20.2. The first-order chi connectivity index (χ1) is 15.5. The number of nitrogens with zero attached hydrogens (tertiary/aromatic N) is 5. The number of fused-ring (bicyclic) bond motifs is 1. The third kappa shape index (κ3) is 4.54. The Morgan fingerprint density at radius 2 is 1.91 bits per heavy atom. The van der Waals surface area contributed by atoms with Gasteiger partial charge >= 0.3 is 12.0 Å². The fraction of sp³-hybridized carbons (Fsp3) is 0.560. The Morgan fingerprint density at radius 1 is 1.21 bits per heavy atom. The summed E-state index contributed by atoms with van der Waals surface area (Å²) >= 11 is 0. The van der Waals surface area contributed by atoms with Gasteiger partial charge in [0.1, 0.15) is 11.4 Å². The molecule has 2 atom stereocenters. The molecule has 2 aliphatic rings. The lowest BCUT2D eigenvalue weighted by Crippen LogP contribution is -2.69. The Hall–Kier alpha value is -2.71. The van der Waals surface area contributed by atoms with Crippen LogP contribution in [0.1, 0.15) is 44.5 Å². The number of carbonyl (C=O) groups is 1. The smallest absolute Gasteiger partial charge is 0.325 e. The van der Waals surface area contributed by atoms with Crippen LogP contribution in [0.2, 0.25) is 0 Å². The van der Waals surface area contributed by atoms with E-state index in [1.165, 1.54) is 5.56 Å². The van der Waals surface area contributed by atoms with Crippen LogP contribution in [-0.2, 0) is 24.3 Å². The molecule has 1 aromatic heterocycles. The van der Waals surface area contributed by atoms with E-state index >= 15 is 0 Å². The van der Waals surface area contributed by atoms with Crippen LogP contribution in [0.4, 0.5) is 5.82 Å². The normalized spacial score (nSPS) is 24.5. The van der Waals surface area contributed by atoms with Crippen LogP contribution in [0.25, 0.3) is 0 Å². The lowest BCUT2D eigenvalue weighted by molar-refractivity contribution is -0.151. The van der Waals surface area contributed by atoms with Crippen molar-refractivity contribution in [1.82, 2.24) is 19.8 Å². The van der Waals surface area contributed by atoms with Gasteiger partial charge in [-0.1, -0.05) is 51.1 Å². The molecule has 1 saturated heterocycles. The van der Waals surface area contributed by atoms with E-state index in [4.69, 9.17) is 0 Å². The Bertz CT molecular complexity index is 1020. The van der Waals surface area contributed by atoms with E-state index < -0.39 is 11.5 Å². The van der Waals surface area contributed by atoms with Crippen molar-refractivity contribution in [2.75, 3.05) is 31.6 Å². The predicted molar refractivity (Wildman–Crippen MR) is 127 cm³/mol. The second-order valence-electron chi connectivity index (χ2n) is 10.7. The van der Waals surface area contributed by atoms with Crippen molar-refractivity contribution in [1.29, 1.82) is 0 Å². The van der Waals surface area contributed by atoms with Gasteiger partial charge in [-0.3, -0.25) is 14.6 Å². The molecule has 178 valence electrons. The average molecular weight is 454 g/mol. The molecule has 1 fully saturated rings. The molecule has 0 unspecified atom stereocenters. The molecule has 3 heterocycles. The summed E-state index contributed by atoms with van der Waals surface area (Å²) in [6, 6.07) is 10.1. The number of rotatable bonds is 4. The van der Waals surface area contributed by atoms with E-state index in [0.29, 0.717) is 18.9 Å². The molecule has 0 bridgehead atoms. The molecule has 1 aromatic carbocycles. The molecule has 4 rings (SSSR count). The van der Waals surface area contributed by atoms with Crippen LogP contribution in [-0.4, -0.2) is 74.2 Å². The molecular formula is C25H35N5O3. The second-order valence-corrected chi connectivity index (χ2v) is 10.7. The monoisotopic (exact) mass is 453 g/mol. The molecular weight excluding hydrogens is 418 g/mol. The molecule has 0 amide bonds. The van der Waals surface area contributed by atoms with E-state index in [1.54, 1.807) is 6.92 Å². The first-order valence-corrected chi connectivity index (χ1v) is 11.6. The number of aromatic hydroxyl groups is 1. The van der Waals surface area contributed by atoms with Gasteiger partial charge in [0.15, 0.2) is 0 Å². The van der Waals surface area contributed by atoms with Crippen LogP contribution >= 0.6 is 0 Å². The number of hydrogen-bond donors (Lipinski definition) is 2. The van der Waals surface area contributed by atoms with Crippen molar-refractivity contribution >= 4 is 11.8 Å². The maximum Gasteiger partial charge on any atom is 0.325 e. The van der Waals surface area contributed by atoms with Gasteiger partial charge < -0.3 is 15.1 Å². The van der Waals surface area contributed by atoms with Crippen molar-refractivity contribution in [3.63, 3.8) is 0 Å². The number of piperazine rings is 1. The third-order valence-corrected chi connectivity index (χ3v) is 7.24. The van der Waals surface area contributed by atoms with Gasteiger partial charge in [-0.15, -0.1) is 0 Å². The minimum atomic E-state index is -1.05. The van der Waals surface area contributed by atoms with Gasteiger partial charge in [0, 0.05) is 44.3 Å². The summed E-state index contributed by atoms with van der Waals surface area (Å²) in [5.41, 5.74) is 1.91. The van der Waals surface area contributed by atoms with Gasteiger partial charge in [0.05, 0.1) is 5.69 Å². The molecule has 33 heavy (non-hydrogen) atoms. The summed E-state index contributed by atoms with van der Waals surface area (Å²) in [7, 11) is 1.87. The zero-order valence-corrected chi connectivity index (χ0v) is 20.2. The molecule has 0 saturated carbocycles. The fourth-order valence-corrected chi connectivity index (χ4v) is 4.98. The summed E-state index contributed by atoms with van der Waals surface area (Å²) in [6.45, 7) is 11.4. The standard InChI is InChI=1S/C25H35N5O3/c1-24(2,3)20-15-28(5)25(4,22(31)32)16-30(20)21-18-11-12-29(13-17-9-7-6-8-10-17)14-19(18)26-23(33)27-21/h6-10,20H,11-16H2,1-5H3,(H,31,32)(H,26,27,33)/t20-,25-/m1/s1. The number of carboxylic acids is 1. The lowest BCUT2D eigenvalue weighted by Gasteiger charge is -2.53. The highest BCUT2D eigenvalue weighted by molar-refractivity contribution is 5.80. The number of carboxylic acid groups (broad SMARTS) is 1. The number of aliphatic carboxylic acids is 1. The van der Waals surface area contributed by atoms with E-state index in [1.807, 2.05) is 30.1 Å². The Kier molecular flexibility index (Phi) is 6.09. The zero-order chi connectivity index (χ0) is 24.0. The molecule has 2 N–H and O–H groups in total. The topological polar surface area (TPSA) is 93.0 Å². The number of hydrogen-bond acceptors (Lipinski definition) is 7. The van der Waals surface area contributed by atoms with Crippen molar-refractivity contribution in [3.05, 3.63) is 47.2 Å². The molecule has 0 radical (unpaired) electrons. The van der Waals surface area contributed by atoms with E-state index in [-0.39, 0.29) is 24.0 Å². The Balaban J connectivity index is 1.70. The van der Waals surface area contributed by atoms with E-state index in [2.05, 4.69) is 52.7 Å². The highest BCUT2D eigenvalue weighted by Gasteiger charge is 2.49. The van der Waals surface area contributed by atoms with Crippen molar-refractivity contribution < 1.29 is 15.0 Å². The number of anilines is 1. The SMILES string of the molecule is CN1C[C@H](C(C)(C)C)N(c2nc(O)nc3c2CCN(Cc2ccccc2)C3)C[C@]1(C)C(=O)O. The summed E-state index contributed by atoms with van der Waals surface area (Å²) in [4.78, 5) is 27.5. The minimum absolute atomic E-state index is 0.0377. The predicted octanol–water partition coefficient (Wildman–Crippen LogP) is 2.75. The van der Waals surface area contributed by atoms with Crippen LogP contribution < -0.4 is 4.90 Å². The Labute approximate surface area is 195 Å². The van der Waals surface area contributed by atoms with Gasteiger partial charge in [-0.05, 0) is 31.4 Å². The first-order valence-electron chi connectivity index (χ1n) is 11.6. The second kappa shape index (κ2) is 8.57. The van der Waals surface area contributed by atoms with Crippen LogP contribution in [0.15, 0.2) is 30.3 Å². The molecule has 0 spiro atoms.